The van der Waals surface area contributed by atoms with Gasteiger partial charge in [0.1, 0.15) is 0 Å². The van der Waals surface area contributed by atoms with E-state index in [1.54, 1.807) is 0 Å². The number of hydrogen-bond donors (Lipinski definition) is 1. The Morgan fingerprint density at radius 3 is 2.62 bits per heavy atom. The van der Waals surface area contributed by atoms with Gasteiger partial charge in [0.05, 0.1) is 13.7 Å². The molecule has 0 aliphatic heterocycles. The van der Waals surface area contributed by atoms with E-state index in [9.17, 15) is 4.79 Å². The van der Waals surface area contributed by atoms with Crippen LogP contribution >= 0.6 is 0 Å². The maximum absolute atomic E-state index is 10.6. The van der Waals surface area contributed by atoms with Crippen molar-refractivity contribution in [1.82, 2.24) is 5.32 Å². The average Bonchev–Trinajstić information content (AvgIpc) is 2.10. The van der Waals surface area contributed by atoms with Gasteiger partial charge < -0.3 is 14.8 Å². The molecular weight excluding hydrogens is 170 g/mol. The zero-order valence-electron chi connectivity index (χ0n) is 8.63. The zero-order valence-corrected chi connectivity index (χ0v) is 8.63. The minimum atomic E-state index is -0.410. The van der Waals surface area contributed by atoms with Crippen molar-refractivity contribution in [2.45, 2.75) is 20.3 Å². The summed E-state index contributed by atoms with van der Waals surface area (Å²) >= 11 is 0. The van der Waals surface area contributed by atoms with Crippen LogP contribution in [0.2, 0.25) is 0 Å². The average molecular weight is 189 g/mol. The quantitative estimate of drug-likeness (QED) is 0.642. The van der Waals surface area contributed by atoms with Gasteiger partial charge in [-0.05, 0) is 12.3 Å². The smallest absolute Gasteiger partial charge is 0.406 e. The van der Waals surface area contributed by atoms with Crippen LogP contribution in [0.3, 0.4) is 0 Å². The summed E-state index contributed by atoms with van der Waals surface area (Å²) in [5.74, 6) is 0.661. The molecule has 0 atom stereocenters. The van der Waals surface area contributed by atoms with Crippen LogP contribution in [0.15, 0.2) is 0 Å². The van der Waals surface area contributed by atoms with Crippen molar-refractivity contribution in [2.24, 2.45) is 5.92 Å². The number of ether oxygens (including phenoxy) is 2. The molecular formula is C9H19NO3. The maximum Gasteiger partial charge on any atom is 0.406 e. The molecule has 4 heteroatoms. The summed E-state index contributed by atoms with van der Waals surface area (Å²) in [4.78, 5) is 10.6. The molecule has 0 aromatic rings. The topological polar surface area (TPSA) is 47.6 Å². The molecule has 0 bridgehead atoms. The summed E-state index contributed by atoms with van der Waals surface area (Å²) < 4.78 is 9.66. The van der Waals surface area contributed by atoms with E-state index in [4.69, 9.17) is 4.74 Å². The van der Waals surface area contributed by atoms with Gasteiger partial charge in [0.25, 0.3) is 0 Å². The Bertz CT molecular complexity index is 137. The maximum atomic E-state index is 10.6. The fraction of sp³-hybridized carbons (Fsp3) is 0.889. The first-order valence-corrected chi connectivity index (χ1v) is 4.56. The second-order valence-corrected chi connectivity index (χ2v) is 3.21. The predicted octanol–water partition coefficient (Wildman–Crippen LogP) is 1.41. The molecule has 0 aliphatic carbocycles. The first-order chi connectivity index (χ1) is 6.16. The molecule has 0 spiro atoms. The Morgan fingerprint density at radius 2 is 2.08 bits per heavy atom. The normalized spacial score (nSPS) is 10.2. The van der Waals surface area contributed by atoms with Crippen LogP contribution in [-0.4, -0.2) is 33.0 Å². The van der Waals surface area contributed by atoms with Crippen LogP contribution in [0, 0.1) is 5.92 Å². The second kappa shape index (κ2) is 7.86. The summed E-state index contributed by atoms with van der Waals surface area (Å²) in [6.45, 7) is 6.10. The van der Waals surface area contributed by atoms with Crippen molar-refractivity contribution in [3.8, 4) is 0 Å². The van der Waals surface area contributed by atoms with Gasteiger partial charge in [-0.15, -0.1) is 0 Å². The number of hydrogen-bond acceptors (Lipinski definition) is 3. The van der Waals surface area contributed by atoms with E-state index >= 15 is 0 Å². The van der Waals surface area contributed by atoms with Gasteiger partial charge in [0.2, 0.25) is 0 Å². The highest BCUT2D eigenvalue weighted by Gasteiger charge is 1.97. The Kier molecular flexibility index (Phi) is 7.39. The van der Waals surface area contributed by atoms with E-state index in [0.29, 0.717) is 19.1 Å². The molecule has 0 fully saturated rings. The number of carbonyl (C=O) groups is 1. The van der Waals surface area contributed by atoms with Crippen molar-refractivity contribution in [3.63, 3.8) is 0 Å². The first-order valence-electron chi connectivity index (χ1n) is 4.56. The summed E-state index contributed by atoms with van der Waals surface area (Å²) in [5.41, 5.74) is 0. The summed E-state index contributed by atoms with van der Waals surface area (Å²) in [6, 6.07) is 0. The van der Waals surface area contributed by atoms with Gasteiger partial charge in [-0.25, -0.2) is 4.79 Å². The lowest BCUT2D eigenvalue weighted by molar-refractivity contribution is 0.120. The minimum Gasteiger partial charge on any atom is -0.453 e. The predicted molar refractivity (Wildman–Crippen MR) is 50.7 cm³/mol. The highest BCUT2D eigenvalue weighted by atomic mass is 16.5. The Balaban J connectivity index is 3.04. The third kappa shape index (κ3) is 9.14. The van der Waals surface area contributed by atoms with Crippen LogP contribution in [0.4, 0.5) is 4.79 Å². The molecule has 78 valence electrons. The van der Waals surface area contributed by atoms with Gasteiger partial charge in [0, 0.05) is 13.2 Å². The number of carbonyl (C=O) groups excluding carboxylic acids is 1. The standard InChI is InChI=1S/C9H19NO3/c1-8(2)4-6-13-7-5-10-9(11)12-3/h8H,4-7H2,1-3H3,(H,10,11). The molecule has 0 heterocycles. The van der Waals surface area contributed by atoms with E-state index in [-0.39, 0.29) is 0 Å². The lowest BCUT2D eigenvalue weighted by atomic mass is 10.1. The fourth-order valence-electron chi connectivity index (χ4n) is 0.719. The van der Waals surface area contributed by atoms with Crippen molar-refractivity contribution >= 4 is 6.09 Å². The van der Waals surface area contributed by atoms with E-state index in [0.717, 1.165) is 13.0 Å². The minimum absolute atomic E-state index is 0.410. The molecule has 0 unspecified atom stereocenters. The van der Waals surface area contributed by atoms with Crippen LogP contribution in [0.1, 0.15) is 20.3 Å². The van der Waals surface area contributed by atoms with Crippen LogP contribution in [0.5, 0.6) is 0 Å². The zero-order chi connectivity index (χ0) is 10.1. The van der Waals surface area contributed by atoms with Gasteiger partial charge >= 0.3 is 6.09 Å². The molecule has 0 saturated carbocycles. The molecule has 0 aliphatic rings. The molecule has 0 radical (unpaired) electrons. The van der Waals surface area contributed by atoms with Gasteiger partial charge in [-0.1, -0.05) is 13.8 Å². The van der Waals surface area contributed by atoms with Crippen molar-refractivity contribution < 1.29 is 14.3 Å². The Morgan fingerprint density at radius 1 is 1.38 bits per heavy atom. The third-order valence-corrected chi connectivity index (χ3v) is 1.54. The number of amides is 1. The molecule has 13 heavy (non-hydrogen) atoms. The van der Waals surface area contributed by atoms with E-state index in [1.165, 1.54) is 7.11 Å². The van der Waals surface area contributed by atoms with Crippen molar-refractivity contribution in [3.05, 3.63) is 0 Å². The van der Waals surface area contributed by atoms with Crippen LogP contribution in [0.25, 0.3) is 0 Å². The van der Waals surface area contributed by atoms with E-state index < -0.39 is 6.09 Å². The number of nitrogens with one attached hydrogen (secondary N) is 1. The number of rotatable bonds is 6. The van der Waals surface area contributed by atoms with Crippen molar-refractivity contribution in [2.75, 3.05) is 26.9 Å². The van der Waals surface area contributed by atoms with Crippen LogP contribution in [-0.2, 0) is 9.47 Å². The van der Waals surface area contributed by atoms with Gasteiger partial charge in [-0.3, -0.25) is 0 Å². The lowest BCUT2D eigenvalue weighted by Crippen LogP contribution is -2.27. The largest absolute Gasteiger partial charge is 0.453 e. The third-order valence-electron chi connectivity index (χ3n) is 1.54. The molecule has 0 rings (SSSR count). The molecule has 0 saturated heterocycles. The SMILES string of the molecule is COC(=O)NCCOCCC(C)C. The van der Waals surface area contributed by atoms with Gasteiger partial charge in [-0.2, -0.15) is 0 Å². The highest BCUT2D eigenvalue weighted by molar-refractivity contribution is 5.66. The summed E-state index contributed by atoms with van der Waals surface area (Å²) in [5, 5.41) is 2.53. The molecule has 0 aromatic carbocycles. The lowest BCUT2D eigenvalue weighted by Gasteiger charge is -2.06. The van der Waals surface area contributed by atoms with Crippen molar-refractivity contribution in [1.29, 1.82) is 0 Å². The Labute approximate surface area is 79.6 Å². The second-order valence-electron chi connectivity index (χ2n) is 3.21. The summed E-state index contributed by atoms with van der Waals surface area (Å²) in [6.07, 6.45) is 0.644. The van der Waals surface area contributed by atoms with Crippen LogP contribution < -0.4 is 5.32 Å². The molecule has 1 amide bonds. The molecule has 0 aromatic heterocycles. The Hall–Kier alpha value is -0.770. The monoisotopic (exact) mass is 189 g/mol. The highest BCUT2D eigenvalue weighted by Crippen LogP contribution is 1.98. The first kappa shape index (κ1) is 12.2. The number of alkyl carbamates (subject to hydrolysis) is 1. The van der Waals surface area contributed by atoms with E-state index in [2.05, 4.69) is 23.9 Å². The molecule has 4 nitrogen and oxygen atoms in total. The number of methoxy groups -OCH3 is 1. The van der Waals surface area contributed by atoms with E-state index in [1.807, 2.05) is 0 Å². The summed E-state index contributed by atoms with van der Waals surface area (Å²) in [7, 11) is 1.34. The fourth-order valence-corrected chi connectivity index (χ4v) is 0.719. The molecule has 1 N–H and O–H groups in total. The van der Waals surface area contributed by atoms with Gasteiger partial charge in [0.15, 0.2) is 0 Å².